The molecule has 0 radical (unpaired) electrons. The van der Waals surface area contributed by atoms with Crippen molar-refractivity contribution in [2.45, 2.75) is 70.4 Å². The van der Waals surface area contributed by atoms with Crippen LogP contribution in [0.25, 0.3) is 0 Å². The van der Waals surface area contributed by atoms with Gasteiger partial charge in [0.1, 0.15) is 11.5 Å². The van der Waals surface area contributed by atoms with E-state index in [0.29, 0.717) is 12.8 Å². The van der Waals surface area contributed by atoms with E-state index < -0.39 is 29.5 Å². The zero-order valence-corrected chi connectivity index (χ0v) is 15.2. The molecule has 4 heterocycles. The Labute approximate surface area is 152 Å². The van der Waals surface area contributed by atoms with E-state index in [1.165, 1.54) is 0 Å². The van der Waals surface area contributed by atoms with Crippen LogP contribution >= 0.6 is 0 Å². The molecule has 3 unspecified atom stereocenters. The summed E-state index contributed by atoms with van der Waals surface area (Å²) < 4.78 is 18.2. The van der Waals surface area contributed by atoms with Crippen LogP contribution in [0.3, 0.4) is 0 Å². The summed E-state index contributed by atoms with van der Waals surface area (Å²) in [6.07, 6.45) is 0.109. The molecule has 0 aromatic rings. The molecule has 7 fully saturated rings. The van der Waals surface area contributed by atoms with Gasteiger partial charge in [-0.25, -0.2) is 0 Å². The first-order valence-electron chi connectivity index (χ1n) is 9.82. The van der Waals surface area contributed by atoms with E-state index in [0.717, 1.165) is 18.4 Å². The van der Waals surface area contributed by atoms with Crippen LogP contribution in [0.2, 0.25) is 0 Å². The molecule has 142 valence electrons. The Bertz CT molecular complexity index is 732. The molecule has 0 aromatic heterocycles. The minimum Gasteiger partial charge on any atom is -0.461 e. The largest absolute Gasteiger partial charge is 0.461 e. The van der Waals surface area contributed by atoms with Gasteiger partial charge in [-0.15, -0.1) is 0 Å². The third-order valence-corrected chi connectivity index (χ3v) is 9.01. The molecule has 0 aromatic carbocycles. The second-order valence-corrected chi connectivity index (χ2v) is 9.96. The first kappa shape index (κ1) is 16.0. The van der Waals surface area contributed by atoms with Crippen LogP contribution in [0, 0.1) is 34.0 Å². The summed E-state index contributed by atoms with van der Waals surface area (Å²) in [7, 11) is 0. The molecule has 0 amide bonds. The first-order valence-corrected chi connectivity index (χ1v) is 9.82. The van der Waals surface area contributed by atoms with E-state index in [4.69, 9.17) is 14.2 Å². The maximum atomic E-state index is 13.2. The maximum Gasteiger partial charge on any atom is 0.315 e. The first-order chi connectivity index (χ1) is 12.3. The quantitative estimate of drug-likeness (QED) is 0.500. The van der Waals surface area contributed by atoms with E-state index in [9.17, 15) is 15.0 Å². The number of hydrogen-bond acceptors (Lipinski definition) is 6. The summed E-state index contributed by atoms with van der Waals surface area (Å²) in [5, 5.41) is 21.9. The molecule has 6 bridgehead atoms. The van der Waals surface area contributed by atoms with E-state index in [2.05, 4.69) is 20.4 Å². The van der Waals surface area contributed by atoms with Crippen molar-refractivity contribution in [2.75, 3.05) is 0 Å². The number of esters is 1. The van der Waals surface area contributed by atoms with Crippen molar-refractivity contribution in [3.63, 3.8) is 0 Å². The van der Waals surface area contributed by atoms with Gasteiger partial charge in [-0.2, -0.15) is 0 Å². The lowest BCUT2D eigenvalue weighted by Gasteiger charge is -2.68. The molecular formula is C20H26O6. The average Bonchev–Trinajstić information content (AvgIpc) is 2.96. The van der Waals surface area contributed by atoms with Crippen molar-refractivity contribution < 1.29 is 29.2 Å². The molecule has 2 N–H and O–H groups in total. The van der Waals surface area contributed by atoms with Gasteiger partial charge in [0, 0.05) is 12.3 Å². The topological polar surface area (TPSA) is 85.2 Å². The fourth-order valence-corrected chi connectivity index (χ4v) is 7.99. The second-order valence-electron chi connectivity index (χ2n) is 9.96. The van der Waals surface area contributed by atoms with E-state index in [1.807, 2.05) is 0 Å². The van der Waals surface area contributed by atoms with E-state index in [-0.39, 0.29) is 41.3 Å². The summed E-state index contributed by atoms with van der Waals surface area (Å²) in [4.78, 5) is 13.2. The molecule has 3 saturated carbocycles. The van der Waals surface area contributed by atoms with Crippen LogP contribution in [0.1, 0.15) is 39.5 Å². The average molecular weight is 362 g/mol. The zero-order valence-electron chi connectivity index (χ0n) is 15.2. The molecule has 4 aliphatic heterocycles. The number of aliphatic hydroxyl groups is 2. The standard InChI is InChI=1S/C20H26O6/c1-8-9-4-5-10-19(7-9,14(8)21)16(23)24-12-6-11-18(2,3)13-15(22)26-17(25-11)20(10,12)13/h9-15,17,21-22H,1,4-7H2,2-3H3/t9?,10-,11-,12+,13-,14-,15-,17?,19?,20+/m1/s1. The van der Waals surface area contributed by atoms with Crippen molar-refractivity contribution in [3.8, 4) is 0 Å². The minimum absolute atomic E-state index is 0.108. The van der Waals surface area contributed by atoms with Gasteiger partial charge < -0.3 is 24.4 Å². The fraction of sp³-hybridized carbons (Fsp3) is 0.850. The smallest absolute Gasteiger partial charge is 0.315 e. The van der Waals surface area contributed by atoms with Crippen molar-refractivity contribution in [1.82, 2.24) is 0 Å². The third kappa shape index (κ3) is 1.35. The Hall–Kier alpha value is -0.950. The van der Waals surface area contributed by atoms with Crippen molar-refractivity contribution in [1.29, 1.82) is 0 Å². The monoisotopic (exact) mass is 362 g/mol. The summed E-state index contributed by atoms with van der Waals surface area (Å²) in [6.45, 7) is 8.32. The summed E-state index contributed by atoms with van der Waals surface area (Å²) in [6, 6.07) is 0. The number of carbonyl (C=O) groups is 1. The van der Waals surface area contributed by atoms with Gasteiger partial charge in [-0.1, -0.05) is 20.4 Å². The lowest BCUT2D eigenvalue weighted by molar-refractivity contribution is -0.359. The van der Waals surface area contributed by atoms with E-state index in [1.54, 1.807) is 0 Å². The highest BCUT2D eigenvalue weighted by Gasteiger charge is 2.83. The van der Waals surface area contributed by atoms with Crippen LogP contribution in [-0.4, -0.2) is 47.1 Å². The van der Waals surface area contributed by atoms with Crippen LogP contribution in [0.4, 0.5) is 0 Å². The number of aliphatic hydroxyl groups excluding tert-OH is 2. The fourth-order valence-electron chi connectivity index (χ4n) is 7.99. The molecule has 7 rings (SSSR count). The molecular weight excluding hydrogens is 336 g/mol. The summed E-state index contributed by atoms with van der Waals surface area (Å²) >= 11 is 0. The Morgan fingerprint density at radius 3 is 2.69 bits per heavy atom. The molecule has 3 aliphatic carbocycles. The van der Waals surface area contributed by atoms with Gasteiger partial charge in [0.05, 0.1) is 17.6 Å². The van der Waals surface area contributed by atoms with Crippen molar-refractivity contribution >= 4 is 5.97 Å². The number of carbonyl (C=O) groups excluding carboxylic acids is 1. The highest BCUT2D eigenvalue weighted by atomic mass is 16.7. The van der Waals surface area contributed by atoms with Crippen LogP contribution < -0.4 is 0 Å². The van der Waals surface area contributed by atoms with Gasteiger partial charge in [0.25, 0.3) is 0 Å². The van der Waals surface area contributed by atoms with Gasteiger partial charge in [0.2, 0.25) is 0 Å². The molecule has 6 nitrogen and oxygen atoms in total. The summed E-state index contributed by atoms with van der Waals surface area (Å²) in [5.41, 5.74) is -1.09. The predicted molar refractivity (Wildman–Crippen MR) is 88.4 cm³/mol. The van der Waals surface area contributed by atoms with Crippen LogP contribution in [0.15, 0.2) is 12.2 Å². The Morgan fingerprint density at radius 1 is 1.15 bits per heavy atom. The Kier molecular flexibility index (Phi) is 2.70. The molecule has 7 aliphatic rings. The molecule has 6 heteroatoms. The van der Waals surface area contributed by atoms with Crippen LogP contribution in [-0.2, 0) is 19.0 Å². The maximum absolute atomic E-state index is 13.2. The van der Waals surface area contributed by atoms with Crippen LogP contribution in [0.5, 0.6) is 0 Å². The highest BCUT2D eigenvalue weighted by molar-refractivity contribution is 5.82. The number of ether oxygens (including phenoxy) is 3. The van der Waals surface area contributed by atoms with Gasteiger partial charge >= 0.3 is 5.97 Å². The van der Waals surface area contributed by atoms with Gasteiger partial charge in [0.15, 0.2) is 12.6 Å². The Balaban J connectivity index is 1.59. The normalized spacial score (nSPS) is 61.2. The Morgan fingerprint density at radius 2 is 1.92 bits per heavy atom. The lowest BCUT2D eigenvalue weighted by Crippen LogP contribution is -2.76. The number of rotatable bonds is 0. The molecule has 26 heavy (non-hydrogen) atoms. The lowest BCUT2D eigenvalue weighted by atomic mass is 9.41. The minimum atomic E-state index is -0.968. The molecule has 2 spiro atoms. The molecule has 10 atom stereocenters. The highest BCUT2D eigenvalue weighted by Crippen LogP contribution is 2.76. The molecule has 4 saturated heterocycles. The van der Waals surface area contributed by atoms with Crippen molar-refractivity contribution in [3.05, 3.63) is 12.2 Å². The predicted octanol–water partition coefficient (Wildman–Crippen LogP) is 1.35. The van der Waals surface area contributed by atoms with E-state index >= 15 is 0 Å². The zero-order chi connectivity index (χ0) is 18.2. The van der Waals surface area contributed by atoms with Gasteiger partial charge in [-0.3, -0.25) is 4.79 Å². The summed E-state index contributed by atoms with van der Waals surface area (Å²) in [5.74, 6) is -0.420. The second kappa shape index (κ2) is 4.37. The number of hydrogen-bond donors (Lipinski definition) is 2. The van der Waals surface area contributed by atoms with Gasteiger partial charge in [-0.05, 0) is 42.1 Å². The number of fused-ring (bicyclic) bond motifs is 1. The SMILES string of the molecule is C=C1C2CC[C@@H]3C(C2)(C(=O)O[C@H]2C[C@H]4OC5O[C@@H](O)[C@H](C4(C)C)[C@@]523)[C@@H]1O. The third-order valence-electron chi connectivity index (χ3n) is 9.01. The van der Waals surface area contributed by atoms with Crippen molar-refractivity contribution in [2.24, 2.45) is 34.0 Å².